The first-order chi connectivity index (χ1) is 16.8. The van der Waals surface area contributed by atoms with Gasteiger partial charge in [-0.1, -0.05) is 60.4 Å². The molecule has 0 aromatic heterocycles. The van der Waals surface area contributed by atoms with Gasteiger partial charge in [-0.3, -0.25) is 14.6 Å². The molecule has 2 rings (SSSR count). The molecule has 0 spiro atoms. The van der Waals surface area contributed by atoms with Gasteiger partial charge in [-0.2, -0.15) is 0 Å². The summed E-state index contributed by atoms with van der Waals surface area (Å²) < 4.78 is 0. The number of carboxylic acid groups (broad SMARTS) is 1. The van der Waals surface area contributed by atoms with E-state index in [0.29, 0.717) is 13.0 Å². The van der Waals surface area contributed by atoms with Crippen LogP contribution in [0.5, 0.6) is 0 Å². The van der Waals surface area contributed by atoms with Gasteiger partial charge >= 0.3 is 5.97 Å². The molecule has 35 heavy (non-hydrogen) atoms. The van der Waals surface area contributed by atoms with Crippen LogP contribution in [0.1, 0.15) is 50.5 Å². The molecule has 1 saturated heterocycles. The Kier molecular flexibility index (Phi) is 12.5. The third-order valence-electron chi connectivity index (χ3n) is 5.15. The summed E-state index contributed by atoms with van der Waals surface area (Å²) in [5, 5.41) is 14.8. The van der Waals surface area contributed by atoms with Crippen LogP contribution in [0.25, 0.3) is 0 Å². The molecule has 0 unspecified atom stereocenters. The number of carboxylic acids is 1. The molecule has 13 nitrogen and oxygen atoms in total. The first-order valence-electron chi connectivity index (χ1n) is 11.4. The van der Waals surface area contributed by atoms with Crippen LogP contribution in [0, 0.1) is 6.17 Å². The number of aliphatic carboxylic acids is 1. The molecule has 189 valence electrons. The largest absolute Gasteiger partial charge is 0.480 e. The van der Waals surface area contributed by atoms with E-state index in [1.807, 2.05) is 6.07 Å². The second-order valence-corrected chi connectivity index (χ2v) is 8.03. The topological polar surface area (TPSA) is 216 Å². The zero-order valence-electron chi connectivity index (χ0n) is 19.5. The number of hydrogen-bond donors (Lipinski definition) is 5. The SMILES string of the molecule is NC(N)=NCCCCCCCC(=O)N[C@@H](C[C]1[N][N][N][N]1)C(=O)N[C@@H](Cc1ccccc1)C(=O)O. The molecule has 7 N–H and O–H groups in total. The van der Waals surface area contributed by atoms with Gasteiger partial charge in [-0.15, -0.1) is 0 Å². The lowest BCUT2D eigenvalue weighted by molar-refractivity contribution is -0.142. The maximum Gasteiger partial charge on any atom is 0.326 e. The number of aliphatic imine (C=N–C) groups is 1. The molecule has 2 atom stereocenters. The van der Waals surface area contributed by atoms with Gasteiger partial charge in [0.15, 0.2) is 12.1 Å². The molecule has 1 aliphatic rings. The minimum absolute atomic E-state index is 0.0625. The molecule has 1 aliphatic heterocycles. The molecule has 1 heterocycles. The molecule has 0 bridgehead atoms. The highest BCUT2D eigenvalue weighted by atomic mass is 16.4. The van der Waals surface area contributed by atoms with Gasteiger partial charge in [0.05, 0.1) is 0 Å². The highest BCUT2D eigenvalue weighted by Gasteiger charge is 2.32. The normalized spacial score (nSPS) is 15.2. The summed E-state index contributed by atoms with van der Waals surface area (Å²) >= 11 is 0. The van der Waals surface area contributed by atoms with Crippen LogP contribution in [-0.2, 0) is 20.8 Å². The van der Waals surface area contributed by atoms with Gasteiger partial charge in [-0.05, 0) is 29.5 Å². The maximum atomic E-state index is 12.9. The summed E-state index contributed by atoms with van der Waals surface area (Å²) in [5.41, 5.74) is 25.5. The van der Waals surface area contributed by atoms with Crippen molar-refractivity contribution in [2.24, 2.45) is 16.5 Å². The van der Waals surface area contributed by atoms with Gasteiger partial charge in [0.2, 0.25) is 11.8 Å². The van der Waals surface area contributed by atoms with Gasteiger partial charge < -0.3 is 27.2 Å². The fourth-order valence-electron chi connectivity index (χ4n) is 3.36. The number of benzene rings is 1. The van der Waals surface area contributed by atoms with Crippen molar-refractivity contribution < 1.29 is 19.5 Å². The molecule has 1 aromatic rings. The van der Waals surface area contributed by atoms with Crippen molar-refractivity contribution in [2.75, 3.05) is 6.54 Å². The zero-order valence-corrected chi connectivity index (χ0v) is 19.5. The summed E-state index contributed by atoms with van der Waals surface area (Å²) in [6.45, 7) is 0.578. The second kappa shape index (κ2) is 15.6. The Morgan fingerprint density at radius 3 is 2.20 bits per heavy atom. The molecular formula is C22H32N9O4. The summed E-state index contributed by atoms with van der Waals surface area (Å²) in [6.07, 6.45) is 4.64. The molecule has 0 saturated carbocycles. The number of carbonyl (C=O) groups is 3. The van der Waals surface area contributed by atoms with Gasteiger partial charge in [-0.25, -0.2) is 4.79 Å². The highest BCUT2D eigenvalue weighted by molar-refractivity contribution is 5.90. The van der Waals surface area contributed by atoms with E-state index in [4.69, 9.17) is 11.5 Å². The van der Waals surface area contributed by atoms with E-state index in [1.165, 1.54) is 0 Å². The number of carbonyl (C=O) groups excluding carboxylic acids is 2. The molecular weight excluding hydrogens is 454 g/mol. The predicted molar refractivity (Wildman–Crippen MR) is 126 cm³/mol. The number of amides is 2. The van der Waals surface area contributed by atoms with E-state index in [0.717, 1.165) is 31.2 Å². The van der Waals surface area contributed by atoms with Crippen LogP contribution < -0.4 is 44.0 Å². The zero-order chi connectivity index (χ0) is 25.5. The number of unbranched alkanes of at least 4 members (excludes halogenated alkanes) is 4. The molecule has 5 radical (unpaired) electrons. The van der Waals surface area contributed by atoms with Crippen LogP contribution >= 0.6 is 0 Å². The van der Waals surface area contributed by atoms with Crippen LogP contribution in [0.2, 0.25) is 0 Å². The molecule has 0 aliphatic carbocycles. The molecule has 2 amide bonds. The van der Waals surface area contributed by atoms with Crippen LogP contribution in [0.4, 0.5) is 0 Å². The Hall–Kier alpha value is -3.26. The fraction of sp³-hybridized carbons (Fsp3) is 0.500. The van der Waals surface area contributed by atoms with E-state index in [9.17, 15) is 19.5 Å². The lowest BCUT2D eigenvalue weighted by Crippen LogP contribution is -2.53. The van der Waals surface area contributed by atoms with Crippen molar-refractivity contribution in [3.63, 3.8) is 0 Å². The Morgan fingerprint density at radius 1 is 0.886 bits per heavy atom. The Bertz CT molecular complexity index is 827. The maximum absolute atomic E-state index is 12.9. The van der Waals surface area contributed by atoms with Crippen molar-refractivity contribution >= 4 is 23.7 Å². The Labute approximate surface area is 204 Å². The van der Waals surface area contributed by atoms with Crippen molar-refractivity contribution in [3.05, 3.63) is 42.1 Å². The van der Waals surface area contributed by atoms with E-state index in [-0.39, 0.29) is 37.3 Å². The van der Waals surface area contributed by atoms with Gasteiger partial charge in [0.1, 0.15) is 12.1 Å². The third kappa shape index (κ3) is 11.6. The summed E-state index contributed by atoms with van der Waals surface area (Å²) in [7, 11) is 0. The standard InChI is InChI=1S/C22H32N9O4/c23-22(24)25-12-8-3-1-2-7-11-19(32)26-16(14-18-28-30-31-29-18)20(33)27-17(21(34)35)13-15-9-5-4-6-10-15/h4-6,9-10,16-17H,1-3,7-8,11-14H2,(H,26,32)(H,27,33)(H,34,35)(H4,23,24,25)/t16-,17-/m0/s1. The smallest absolute Gasteiger partial charge is 0.326 e. The predicted octanol–water partition coefficient (Wildman–Crippen LogP) is -1.05. The number of nitrogens with zero attached hydrogens (tertiary/aromatic N) is 5. The number of rotatable bonds is 16. The first-order valence-corrected chi connectivity index (χ1v) is 11.4. The lowest BCUT2D eigenvalue weighted by Gasteiger charge is -2.22. The van der Waals surface area contributed by atoms with Crippen LogP contribution in [0.15, 0.2) is 35.3 Å². The molecule has 13 heteroatoms. The van der Waals surface area contributed by atoms with Crippen molar-refractivity contribution in [1.82, 2.24) is 32.6 Å². The number of nitrogens with one attached hydrogen (secondary N) is 2. The summed E-state index contributed by atoms with van der Waals surface area (Å²) in [4.78, 5) is 41.1. The summed E-state index contributed by atoms with van der Waals surface area (Å²) in [5.74, 6) is -2.08. The van der Waals surface area contributed by atoms with Gasteiger partial charge in [0, 0.05) is 25.8 Å². The average molecular weight is 487 g/mol. The minimum Gasteiger partial charge on any atom is -0.480 e. The minimum atomic E-state index is -1.18. The van der Waals surface area contributed by atoms with Crippen LogP contribution in [0.3, 0.4) is 0 Å². The van der Waals surface area contributed by atoms with Crippen molar-refractivity contribution in [2.45, 2.75) is 63.5 Å². The molecule has 1 aromatic carbocycles. The molecule has 1 fully saturated rings. The van der Waals surface area contributed by atoms with Crippen molar-refractivity contribution in [3.8, 4) is 0 Å². The third-order valence-corrected chi connectivity index (χ3v) is 5.15. The fourth-order valence-corrected chi connectivity index (χ4v) is 3.36. The monoisotopic (exact) mass is 486 g/mol. The van der Waals surface area contributed by atoms with E-state index < -0.39 is 24.0 Å². The summed E-state index contributed by atoms with van der Waals surface area (Å²) in [6, 6.07) is 6.71. The van der Waals surface area contributed by atoms with E-state index in [1.54, 1.807) is 24.3 Å². The second-order valence-electron chi connectivity index (χ2n) is 8.03. The number of hydrogen-bond acceptors (Lipinski definition) is 4. The number of guanidine groups is 1. The first kappa shape index (κ1) is 28.0. The lowest BCUT2D eigenvalue weighted by atomic mass is 10.0. The van der Waals surface area contributed by atoms with Gasteiger partial charge in [0.25, 0.3) is 0 Å². The van der Waals surface area contributed by atoms with E-state index >= 15 is 0 Å². The Morgan fingerprint density at radius 2 is 1.54 bits per heavy atom. The average Bonchev–Trinajstić information content (AvgIpc) is 3.33. The van der Waals surface area contributed by atoms with Crippen LogP contribution in [-0.4, -0.2) is 47.5 Å². The Balaban J connectivity index is 1.84. The number of nitrogens with two attached hydrogens (primary N) is 2. The highest BCUT2D eigenvalue weighted by Crippen LogP contribution is 2.11. The quantitative estimate of drug-likeness (QED) is 0.111. The van der Waals surface area contributed by atoms with Crippen molar-refractivity contribution in [1.29, 1.82) is 0 Å². The van der Waals surface area contributed by atoms with E-state index in [2.05, 4.69) is 37.5 Å².